The van der Waals surface area contributed by atoms with Crippen LogP contribution >= 0.6 is 0 Å². The van der Waals surface area contributed by atoms with Crippen molar-refractivity contribution in [1.82, 2.24) is 20.3 Å². The number of benzene rings is 1. The number of rotatable bonds is 9. The summed E-state index contributed by atoms with van der Waals surface area (Å²) in [7, 11) is 1.52. The summed E-state index contributed by atoms with van der Waals surface area (Å²) < 4.78 is 5.74. The van der Waals surface area contributed by atoms with Crippen LogP contribution in [0.5, 0.6) is 5.75 Å². The van der Waals surface area contributed by atoms with E-state index in [2.05, 4.69) is 20.3 Å². The van der Waals surface area contributed by atoms with Crippen LogP contribution in [0.4, 0.5) is 11.4 Å². The van der Waals surface area contributed by atoms with Crippen LogP contribution in [0, 0.1) is 6.92 Å². The van der Waals surface area contributed by atoms with E-state index >= 15 is 0 Å². The van der Waals surface area contributed by atoms with Crippen molar-refractivity contribution < 1.29 is 19.2 Å². The largest absolute Gasteiger partial charge is 0.494 e. The number of methoxy groups -OCH3 is 1. The first-order valence-electron chi connectivity index (χ1n) is 10.9. The van der Waals surface area contributed by atoms with Crippen molar-refractivity contribution in [2.24, 2.45) is 5.73 Å². The van der Waals surface area contributed by atoms with Gasteiger partial charge >= 0.3 is 0 Å². The van der Waals surface area contributed by atoms with Crippen LogP contribution < -0.4 is 20.9 Å². The maximum absolute atomic E-state index is 12.6. The monoisotopic (exact) mass is 462 g/mol. The molecule has 3 N–H and O–H groups in total. The van der Waals surface area contributed by atoms with Gasteiger partial charge < -0.3 is 15.8 Å². The fourth-order valence-electron chi connectivity index (χ4n) is 3.42. The number of pyridine rings is 1. The van der Waals surface area contributed by atoms with Crippen LogP contribution in [0.2, 0.25) is 0 Å². The molecule has 0 atom stereocenters. The van der Waals surface area contributed by atoms with Crippen LogP contribution in [-0.4, -0.2) is 46.5 Å². The topological polar surface area (TPSA) is 133 Å². The van der Waals surface area contributed by atoms with E-state index in [0.717, 1.165) is 18.4 Å². The number of carbonyl (C=O) groups excluding carboxylic acids is 2. The fourth-order valence-corrected chi connectivity index (χ4v) is 3.42. The lowest BCUT2D eigenvalue weighted by Crippen LogP contribution is -2.28. The molecule has 1 fully saturated rings. The molecule has 1 aliphatic carbocycles. The van der Waals surface area contributed by atoms with Gasteiger partial charge in [-0.15, -0.1) is 0 Å². The summed E-state index contributed by atoms with van der Waals surface area (Å²) in [6, 6.07) is 7.04. The number of carbonyl (C=O) groups is 2. The van der Waals surface area contributed by atoms with E-state index in [1.54, 1.807) is 31.5 Å². The lowest BCUT2D eigenvalue weighted by Gasteiger charge is -2.27. The van der Waals surface area contributed by atoms with Gasteiger partial charge in [0, 0.05) is 24.6 Å². The van der Waals surface area contributed by atoms with Crippen molar-refractivity contribution >= 4 is 23.2 Å². The van der Waals surface area contributed by atoms with E-state index in [-0.39, 0.29) is 35.5 Å². The number of ether oxygens (including phenoxy) is 1. The Morgan fingerprint density at radius 3 is 2.50 bits per heavy atom. The van der Waals surface area contributed by atoms with Crippen molar-refractivity contribution in [3.63, 3.8) is 0 Å². The minimum absolute atomic E-state index is 0.0930. The number of anilines is 2. The molecule has 1 aliphatic rings. The van der Waals surface area contributed by atoms with Crippen molar-refractivity contribution in [3.05, 3.63) is 59.7 Å². The van der Waals surface area contributed by atoms with Gasteiger partial charge in [0.2, 0.25) is 0 Å². The SMILES string of the molecule is CCON(c1cc(C(=O)NC2CC2)ncc1C(N)=O)c1cccc(-c2ncc(C)cn2)c1OC. The molecule has 1 saturated carbocycles. The molecule has 10 nitrogen and oxygen atoms in total. The molecule has 1 aromatic carbocycles. The normalized spacial score (nSPS) is 12.8. The van der Waals surface area contributed by atoms with Crippen LogP contribution in [0.25, 0.3) is 11.4 Å². The Hall–Kier alpha value is -4.05. The van der Waals surface area contributed by atoms with Gasteiger partial charge in [-0.1, -0.05) is 6.07 Å². The number of hydrogen-bond acceptors (Lipinski definition) is 8. The Morgan fingerprint density at radius 1 is 1.15 bits per heavy atom. The number of nitrogens with one attached hydrogen (secondary N) is 1. The van der Waals surface area contributed by atoms with Crippen molar-refractivity contribution in [2.75, 3.05) is 18.8 Å². The third-order valence-corrected chi connectivity index (χ3v) is 5.21. The molecule has 0 aliphatic heterocycles. The smallest absolute Gasteiger partial charge is 0.270 e. The van der Waals surface area contributed by atoms with E-state index in [1.165, 1.54) is 24.4 Å². The molecular weight excluding hydrogens is 436 g/mol. The van der Waals surface area contributed by atoms with Gasteiger partial charge in [-0.05, 0) is 50.5 Å². The summed E-state index contributed by atoms with van der Waals surface area (Å²) in [6.07, 6.45) is 6.59. The molecule has 176 valence electrons. The van der Waals surface area contributed by atoms with E-state index in [1.807, 2.05) is 13.0 Å². The zero-order valence-corrected chi connectivity index (χ0v) is 19.2. The number of para-hydroxylation sites is 1. The number of aryl methyl sites for hydroxylation is 1. The quantitative estimate of drug-likeness (QED) is 0.464. The van der Waals surface area contributed by atoms with Gasteiger partial charge in [0.25, 0.3) is 11.8 Å². The van der Waals surface area contributed by atoms with Crippen LogP contribution in [0.1, 0.15) is 46.2 Å². The first-order chi connectivity index (χ1) is 16.4. The van der Waals surface area contributed by atoms with E-state index in [9.17, 15) is 9.59 Å². The summed E-state index contributed by atoms with van der Waals surface area (Å²) >= 11 is 0. The van der Waals surface area contributed by atoms with Crippen molar-refractivity contribution in [2.45, 2.75) is 32.7 Å². The highest BCUT2D eigenvalue weighted by molar-refractivity contribution is 6.02. The van der Waals surface area contributed by atoms with Gasteiger partial charge in [-0.2, -0.15) is 0 Å². The number of aromatic nitrogens is 3. The molecule has 0 unspecified atom stereocenters. The minimum atomic E-state index is -0.710. The van der Waals surface area contributed by atoms with Gasteiger partial charge in [-0.3, -0.25) is 19.4 Å². The Morgan fingerprint density at radius 2 is 1.88 bits per heavy atom. The molecule has 3 aromatic rings. The zero-order chi connectivity index (χ0) is 24.2. The van der Waals surface area contributed by atoms with Gasteiger partial charge in [-0.25, -0.2) is 15.0 Å². The van der Waals surface area contributed by atoms with Crippen LogP contribution in [0.15, 0.2) is 42.9 Å². The number of amides is 2. The van der Waals surface area contributed by atoms with E-state index in [4.69, 9.17) is 15.3 Å². The molecular formula is C24H26N6O4. The Kier molecular flexibility index (Phi) is 6.69. The molecule has 2 aromatic heterocycles. The van der Waals surface area contributed by atoms with Crippen molar-refractivity contribution in [3.8, 4) is 17.1 Å². The number of nitrogens with zero attached hydrogens (tertiary/aromatic N) is 4. The minimum Gasteiger partial charge on any atom is -0.494 e. The van der Waals surface area contributed by atoms with Gasteiger partial charge in [0.05, 0.1) is 30.5 Å². The molecule has 10 heteroatoms. The van der Waals surface area contributed by atoms with E-state index in [0.29, 0.717) is 22.8 Å². The molecule has 2 heterocycles. The van der Waals surface area contributed by atoms with Crippen LogP contribution in [-0.2, 0) is 4.84 Å². The lowest BCUT2D eigenvalue weighted by molar-refractivity contribution is 0.0942. The summed E-state index contributed by atoms with van der Waals surface area (Å²) in [6.45, 7) is 3.97. The van der Waals surface area contributed by atoms with Gasteiger partial charge in [0.15, 0.2) is 11.6 Å². The molecule has 0 radical (unpaired) electrons. The third kappa shape index (κ3) is 4.81. The summed E-state index contributed by atoms with van der Waals surface area (Å²) in [4.78, 5) is 43.8. The van der Waals surface area contributed by atoms with Gasteiger partial charge in [0.1, 0.15) is 11.4 Å². The standard InChI is InChI=1S/C24H26N6O4/c1-4-34-30(19-7-5-6-16(21(19)33-3)23-27-11-14(2)12-28-23)20-10-18(24(32)29-15-8-9-15)26-13-17(20)22(25)31/h5-7,10-13,15H,4,8-9H2,1-3H3,(H2,25,31)(H,29,32). The maximum Gasteiger partial charge on any atom is 0.270 e. The molecule has 0 spiro atoms. The Labute approximate surface area is 197 Å². The Balaban J connectivity index is 1.84. The number of hydrogen-bond donors (Lipinski definition) is 2. The summed E-state index contributed by atoms with van der Waals surface area (Å²) in [5, 5.41) is 4.32. The van der Waals surface area contributed by atoms with Crippen LogP contribution in [0.3, 0.4) is 0 Å². The first-order valence-corrected chi connectivity index (χ1v) is 10.9. The number of nitrogens with two attached hydrogens (primary N) is 1. The fraction of sp³-hybridized carbons (Fsp3) is 0.292. The average molecular weight is 463 g/mol. The summed E-state index contributed by atoms with van der Waals surface area (Å²) in [5.74, 6) is -0.144. The second-order valence-electron chi connectivity index (χ2n) is 7.85. The molecule has 4 rings (SSSR count). The molecule has 0 saturated heterocycles. The zero-order valence-electron chi connectivity index (χ0n) is 19.2. The third-order valence-electron chi connectivity index (χ3n) is 5.21. The van der Waals surface area contributed by atoms with E-state index < -0.39 is 5.91 Å². The summed E-state index contributed by atoms with van der Waals surface area (Å²) in [5.41, 5.74) is 8.18. The second-order valence-corrected chi connectivity index (χ2v) is 7.85. The highest BCUT2D eigenvalue weighted by Gasteiger charge is 2.28. The average Bonchev–Trinajstić information content (AvgIpc) is 3.66. The first kappa shape index (κ1) is 23.1. The van der Waals surface area contributed by atoms with Crippen molar-refractivity contribution in [1.29, 1.82) is 0 Å². The lowest BCUT2D eigenvalue weighted by atomic mass is 10.1. The molecule has 0 bridgehead atoms. The second kappa shape index (κ2) is 9.84. The predicted octanol–water partition coefficient (Wildman–Crippen LogP) is 2.94. The highest BCUT2D eigenvalue weighted by atomic mass is 16.7. The molecule has 2 amide bonds. The predicted molar refractivity (Wildman–Crippen MR) is 126 cm³/mol. The molecule has 34 heavy (non-hydrogen) atoms. The highest BCUT2D eigenvalue weighted by Crippen LogP contribution is 2.41. The number of primary amides is 1. The Bertz CT molecular complexity index is 1210. The maximum atomic E-state index is 12.6.